The largest absolute Gasteiger partial charge is 0.396 e. The van der Waals surface area contributed by atoms with Gasteiger partial charge in [-0.2, -0.15) is 4.98 Å². The van der Waals surface area contributed by atoms with Crippen LogP contribution in [0.4, 0.5) is 11.8 Å². The molecular weight excluding hydrogens is 240 g/mol. The van der Waals surface area contributed by atoms with Crippen molar-refractivity contribution in [3.05, 3.63) is 11.2 Å². The normalized spacial score (nSPS) is 15.6. The lowest BCUT2D eigenvalue weighted by molar-refractivity contribution is 0.282. The molecule has 1 saturated carbocycles. The van der Waals surface area contributed by atoms with Crippen LogP contribution >= 0.6 is 11.6 Å². The quantitative estimate of drug-likeness (QED) is 0.780. The number of aliphatic hydroxyl groups is 1. The molecule has 1 aromatic heterocycles. The van der Waals surface area contributed by atoms with Gasteiger partial charge in [-0.25, -0.2) is 4.98 Å². The van der Waals surface area contributed by atoms with Crippen molar-refractivity contribution in [1.82, 2.24) is 9.97 Å². The maximum Gasteiger partial charge on any atom is 0.223 e. The van der Waals surface area contributed by atoms with Gasteiger partial charge in [0.2, 0.25) is 5.95 Å². The lowest BCUT2D eigenvalue weighted by Gasteiger charge is -2.38. The smallest absolute Gasteiger partial charge is 0.223 e. The number of nitrogens with zero attached hydrogens (tertiary/aromatic N) is 3. The van der Waals surface area contributed by atoms with Crippen LogP contribution in [0.5, 0.6) is 0 Å². The van der Waals surface area contributed by atoms with Crippen LogP contribution in [0.2, 0.25) is 5.15 Å². The molecule has 5 nitrogen and oxygen atoms in total. The first kappa shape index (κ1) is 12.4. The van der Waals surface area contributed by atoms with Gasteiger partial charge < -0.3 is 15.7 Å². The van der Waals surface area contributed by atoms with E-state index in [1.807, 2.05) is 0 Å². The summed E-state index contributed by atoms with van der Waals surface area (Å²) < 4.78 is 0. The second kappa shape index (κ2) is 5.51. The summed E-state index contributed by atoms with van der Waals surface area (Å²) in [6, 6.07) is 2.22. The molecule has 0 unspecified atom stereocenters. The van der Waals surface area contributed by atoms with Gasteiger partial charge in [-0.3, -0.25) is 0 Å². The molecule has 1 aliphatic carbocycles. The number of aromatic nitrogens is 2. The van der Waals surface area contributed by atoms with Gasteiger partial charge in [0, 0.05) is 25.3 Å². The van der Waals surface area contributed by atoms with Gasteiger partial charge >= 0.3 is 0 Å². The van der Waals surface area contributed by atoms with Crippen molar-refractivity contribution in [2.75, 3.05) is 23.8 Å². The first-order valence-corrected chi connectivity index (χ1v) is 6.26. The molecule has 17 heavy (non-hydrogen) atoms. The van der Waals surface area contributed by atoms with Crippen molar-refractivity contribution in [1.29, 1.82) is 0 Å². The van der Waals surface area contributed by atoms with E-state index in [1.54, 1.807) is 6.07 Å². The lowest BCUT2D eigenvalue weighted by atomic mass is 9.91. The number of anilines is 2. The Hall–Kier alpha value is -1.07. The molecular formula is C11H17ClN4O. The maximum atomic E-state index is 8.93. The van der Waals surface area contributed by atoms with Crippen LogP contribution in [0.3, 0.4) is 0 Å². The number of rotatable bonds is 5. The van der Waals surface area contributed by atoms with Crippen LogP contribution in [0.15, 0.2) is 6.07 Å². The molecule has 0 atom stereocenters. The highest BCUT2D eigenvalue weighted by atomic mass is 35.5. The topological polar surface area (TPSA) is 75.3 Å². The van der Waals surface area contributed by atoms with Crippen LogP contribution in [0.25, 0.3) is 0 Å². The molecule has 1 heterocycles. The molecule has 0 amide bonds. The highest BCUT2D eigenvalue weighted by Crippen LogP contribution is 2.29. The monoisotopic (exact) mass is 256 g/mol. The molecule has 1 aliphatic rings. The van der Waals surface area contributed by atoms with Gasteiger partial charge in [-0.1, -0.05) is 11.6 Å². The third kappa shape index (κ3) is 2.98. The van der Waals surface area contributed by atoms with Crippen LogP contribution in [-0.2, 0) is 0 Å². The fourth-order valence-electron chi connectivity index (χ4n) is 1.99. The van der Waals surface area contributed by atoms with Crippen LogP contribution in [0.1, 0.15) is 25.7 Å². The Morgan fingerprint density at radius 3 is 2.76 bits per heavy atom. The van der Waals surface area contributed by atoms with E-state index < -0.39 is 0 Å². The predicted octanol–water partition coefficient (Wildman–Crippen LogP) is 1.45. The maximum absolute atomic E-state index is 8.93. The lowest BCUT2D eigenvalue weighted by Crippen LogP contribution is -2.41. The fraction of sp³-hybridized carbons (Fsp3) is 0.636. The second-order valence-corrected chi connectivity index (χ2v) is 4.65. The van der Waals surface area contributed by atoms with Gasteiger partial charge in [-0.05, 0) is 25.7 Å². The second-order valence-electron chi connectivity index (χ2n) is 4.26. The molecule has 0 aliphatic heterocycles. The molecule has 2 rings (SSSR count). The minimum absolute atomic E-state index is 0.178. The van der Waals surface area contributed by atoms with Crippen LogP contribution < -0.4 is 10.6 Å². The zero-order valence-electron chi connectivity index (χ0n) is 9.64. The number of nitrogens with two attached hydrogens (primary N) is 1. The van der Waals surface area contributed by atoms with Gasteiger partial charge in [0.25, 0.3) is 0 Å². The van der Waals surface area contributed by atoms with Crippen molar-refractivity contribution in [2.45, 2.75) is 31.7 Å². The van der Waals surface area contributed by atoms with Crippen molar-refractivity contribution < 1.29 is 5.11 Å². The first-order chi connectivity index (χ1) is 8.20. The summed E-state index contributed by atoms with van der Waals surface area (Å²) >= 11 is 5.89. The van der Waals surface area contributed by atoms with E-state index in [0.29, 0.717) is 11.2 Å². The average Bonchev–Trinajstić information content (AvgIpc) is 2.19. The summed E-state index contributed by atoms with van der Waals surface area (Å²) in [5.74, 6) is 0.960. The summed E-state index contributed by atoms with van der Waals surface area (Å²) in [7, 11) is 0. The fourth-order valence-corrected chi connectivity index (χ4v) is 2.18. The predicted molar refractivity (Wildman–Crippen MR) is 68.1 cm³/mol. The number of aliphatic hydroxyl groups excluding tert-OH is 1. The Morgan fingerprint density at radius 2 is 2.24 bits per heavy atom. The molecule has 0 spiro atoms. The van der Waals surface area contributed by atoms with Crippen LogP contribution in [0, 0.1) is 0 Å². The molecule has 94 valence electrons. The van der Waals surface area contributed by atoms with Crippen LogP contribution in [-0.4, -0.2) is 34.3 Å². The molecule has 0 radical (unpaired) electrons. The van der Waals surface area contributed by atoms with E-state index in [9.17, 15) is 0 Å². The molecule has 0 saturated heterocycles. The van der Waals surface area contributed by atoms with Crippen molar-refractivity contribution in [2.24, 2.45) is 0 Å². The SMILES string of the molecule is Nc1nc(Cl)cc(N(CCCO)C2CCC2)n1. The van der Waals surface area contributed by atoms with Gasteiger partial charge in [0.05, 0.1) is 0 Å². The van der Waals surface area contributed by atoms with Gasteiger partial charge in [0.1, 0.15) is 11.0 Å². The molecule has 0 bridgehead atoms. The third-order valence-electron chi connectivity index (χ3n) is 3.07. The summed E-state index contributed by atoms with van der Waals surface area (Å²) in [4.78, 5) is 10.2. The summed E-state index contributed by atoms with van der Waals surface area (Å²) in [5, 5.41) is 9.30. The average molecular weight is 257 g/mol. The Labute approximate surface area is 106 Å². The number of hydrogen-bond acceptors (Lipinski definition) is 5. The Kier molecular flexibility index (Phi) is 4.02. The van der Waals surface area contributed by atoms with Crippen molar-refractivity contribution in [3.63, 3.8) is 0 Å². The number of halogens is 1. The van der Waals surface area contributed by atoms with E-state index >= 15 is 0 Å². The first-order valence-electron chi connectivity index (χ1n) is 5.88. The highest BCUT2D eigenvalue weighted by molar-refractivity contribution is 6.29. The molecule has 3 N–H and O–H groups in total. The van der Waals surface area contributed by atoms with Gasteiger partial charge in [0.15, 0.2) is 0 Å². The summed E-state index contributed by atoms with van der Waals surface area (Å²) in [5.41, 5.74) is 5.60. The van der Waals surface area contributed by atoms with E-state index in [1.165, 1.54) is 6.42 Å². The van der Waals surface area contributed by atoms with Crippen molar-refractivity contribution >= 4 is 23.4 Å². The summed E-state index contributed by atoms with van der Waals surface area (Å²) in [6.45, 7) is 0.950. The Morgan fingerprint density at radius 1 is 1.47 bits per heavy atom. The Balaban J connectivity index is 2.17. The minimum Gasteiger partial charge on any atom is -0.396 e. The van der Waals surface area contributed by atoms with Crippen molar-refractivity contribution in [3.8, 4) is 0 Å². The molecule has 1 fully saturated rings. The van der Waals surface area contributed by atoms with E-state index in [-0.39, 0.29) is 12.6 Å². The number of nitrogen functional groups attached to an aromatic ring is 1. The third-order valence-corrected chi connectivity index (χ3v) is 3.26. The number of hydrogen-bond donors (Lipinski definition) is 2. The molecule has 0 aromatic carbocycles. The van der Waals surface area contributed by atoms with E-state index in [2.05, 4.69) is 14.9 Å². The Bertz CT molecular complexity index is 363. The zero-order chi connectivity index (χ0) is 12.3. The minimum atomic E-state index is 0.178. The standard InChI is InChI=1S/C11H17ClN4O/c12-9-7-10(15-11(13)14-9)16(5-2-6-17)8-3-1-4-8/h7-8,17H,1-6H2,(H2,13,14,15). The van der Waals surface area contributed by atoms with E-state index in [0.717, 1.165) is 31.6 Å². The molecule has 6 heteroatoms. The summed E-state index contributed by atoms with van der Waals surface area (Å²) in [6.07, 6.45) is 4.28. The zero-order valence-corrected chi connectivity index (χ0v) is 10.4. The van der Waals surface area contributed by atoms with Gasteiger partial charge in [-0.15, -0.1) is 0 Å². The molecule has 1 aromatic rings. The van der Waals surface area contributed by atoms with E-state index in [4.69, 9.17) is 22.4 Å². The highest BCUT2D eigenvalue weighted by Gasteiger charge is 2.26.